The van der Waals surface area contributed by atoms with E-state index in [0.29, 0.717) is 11.1 Å². The number of ether oxygens (including phenoxy) is 1. The Morgan fingerprint density at radius 2 is 2.39 bits per heavy atom. The van der Waals surface area contributed by atoms with Crippen molar-refractivity contribution >= 4 is 17.3 Å². The molecule has 0 saturated carbocycles. The minimum Gasteiger partial charge on any atom is -0.495 e. The summed E-state index contributed by atoms with van der Waals surface area (Å²) in [5, 5.41) is 7.36. The van der Waals surface area contributed by atoms with Crippen molar-refractivity contribution in [2.75, 3.05) is 45.2 Å². The van der Waals surface area contributed by atoms with Crippen molar-refractivity contribution in [3.05, 3.63) is 23.2 Å². The summed E-state index contributed by atoms with van der Waals surface area (Å²) in [6.07, 6.45) is 0. The van der Waals surface area contributed by atoms with Gasteiger partial charge in [0.15, 0.2) is 0 Å². The second-order valence-electron chi connectivity index (χ2n) is 4.47. The molecule has 0 aliphatic carbocycles. The second-order valence-corrected chi connectivity index (χ2v) is 4.88. The molecule has 1 saturated heterocycles. The second kappa shape index (κ2) is 6.27. The van der Waals surface area contributed by atoms with Crippen molar-refractivity contribution in [2.24, 2.45) is 0 Å². The van der Waals surface area contributed by atoms with Crippen LogP contribution in [0.2, 0.25) is 5.02 Å². The number of anilines is 1. The lowest BCUT2D eigenvalue weighted by Gasteiger charge is -2.35. The maximum absolute atomic E-state index is 6.17. The summed E-state index contributed by atoms with van der Waals surface area (Å²) in [5.74, 6) is 0.724. The van der Waals surface area contributed by atoms with E-state index in [1.54, 1.807) is 7.11 Å². The highest BCUT2D eigenvalue weighted by Gasteiger charge is 2.19. The zero-order chi connectivity index (χ0) is 13.0. The molecule has 2 N–H and O–H groups in total. The highest BCUT2D eigenvalue weighted by atomic mass is 35.5. The van der Waals surface area contributed by atoms with Gasteiger partial charge in [0, 0.05) is 37.9 Å². The number of nitrogens with zero attached hydrogens (tertiary/aromatic N) is 1. The van der Waals surface area contributed by atoms with E-state index < -0.39 is 0 Å². The molecule has 4 nitrogen and oxygen atoms in total. The molecule has 1 aromatic rings. The first-order valence-corrected chi connectivity index (χ1v) is 6.59. The molecule has 1 atom stereocenters. The number of halogens is 1. The summed E-state index contributed by atoms with van der Waals surface area (Å²) in [6.45, 7) is 3.96. The van der Waals surface area contributed by atoms with Gasteiger partial charge in [-0.2, -0.15) is 0 Å². The molecule has 0 bridgehead atoms. The third-order valence-corrected chi connectivity index (χ3v) is 3.50. The van der Waals surface area contributed by atoms with Crippen molar-refractivity contribution in [3.63, 3.8) is 0 Å². The molecule has 1 fully saturated rings. The molecule has 1 aromatic carbocycles. The van der Waals surface area contributed by atoms with Crippen LogP contribution in [0.4, 0.5) is 5.69 Å². The zero-order valence-corrected chi connectivity index (χ0v) is 11.6. The molecule has 0 spiro atoms. The van der Waals surface area contributed by atoms with E-state index in [-0.39, 0.29) is 0 Å². The van der Waals surface area contributed by atoms with E-state index in [2.05, 4.69) is 21.6 Å². The largest absolute Gasteiger partial charge is 0.495 e. The van der Waals surface area contributed by atoms with Crippen molar-refractivity contribution in [1.82, 2.24) is 10.6 Å². The fraction of sp³-hybridized carbons (Fsp3) is 0.538. The molecule has 1 heterocycles. The Labute approximate surface area is 113 Å². The summed E-state index contributed by atoms with van der Waals surface area (Å²) < 4.78 is 5.17. The van der Waals surface area contributed by atoms with Gasteiger partial charge in [-0.15, -0.1) is 0 Å². The summed E-state index contributed by atoms with van der Waals surface area (Å²) in [5.41, 5.74) is 1.16. The number of methoxy groups -OCH3 is 1. The Hall–Kier alpha value is -0.970. The number of hydrogen-bond acceptors (Lipinski definition) is 4. The molecule has 0 amide bonds. The van der Waals surface area contributed by atoms with Gasteiger partial charge < -0.3 is 20.3 Å². The molecule has 5 heteroatoms. The molecule has 2 rings (SSSR count). The molecule has 100 valence electrons. The minimum atomic E-state index is 0.477. The summed E-state index contributed by atoms with van der Waals surface area (Å²) in [6, 6.07) is 6.44. The van der Waals surface area contributed by atoms with Crippen LogP contribution in [0.3, 0.4) is 0 Å². The molecule has 1 aliphatic heterocycles. The van der Waals surface area contributed by atoms with Crippen molar-refractivity contribution in [3.8, 4) is 5.75 Å². The average molecular weight is 270 g/mol. The molecule has 0 aromatic heterocycles. The molecule has 1 unspecified atom stereocenters. The van der Waals surface area contributed by atoms with E-state index >= 15 is 0 Å². The van der Waals surface area contributed by atoms with E-state index in [4.69, 9.17) is 16.3 Å². The minimum absolute atomic E-state index is 0.477. The van der Waals surface area contributed by atoms with E-state index in [0.717, 1.165) is 37.6 Å². The number of benzene rings is 1. The van der Waals surface area contributed by atoms with Gasteiger partial charge in [-0.05, 0) is 25.2 Å². The number of piperazine rings is 1. The number of rotatable bonds is 4. The molecular weight excluding hydrogens is 250 g/mol. The Kier molecular flexibility index (Phi) is 4.69. The molecule has 0 radical (unpaired) electrons. The van der Waals surface area contributed by atoms with E-state index in [1.807, 2.05) is 19.2 Å². The predicted octanol–water partition coefficient (Wildman–Crippen LogP) is 1.35. The Morgan fingerprint density at radius 1 is 1.56 bits per heavy atom. The normalized spacial score (nSPS) is 19.9. The van der Waals surface area contributed by atoms with Gasteiger partial charge in [0.05, 0.1) is 12.1 Å². The fourth-order valence-corrected chi connectivity index (χ4v) is 2.55. The molecule has 18 heavy (non-hydrogen) atoms. The van der Waals surface area contributed by atoms with Gasteiger partial charge in [-0.3, -0.25) is 0 Å². The Balaban J connectivity index is 2.08. The van der Waals surface area contributed by atoms with Crippen LogP contribution in [0.25, 0.3) is 0 Å². The summed E-state index contributed by atoms with van der Waals surface area (Å²) in [4.78, 5) is 2.35. The van der Waals surface area contributed by atoms with Crippen molar-refractivity contribution in [1.29, 1.82) is 0 Å². The highest BCUT2D eigenvalue weighted by molar-refractivity contribution is 6.32. The monoisotopic (exact) mass is 269 g/mol. The van der Waals surface area contributed by atoms with Crippen LogP contribution in [-0.4, -0.2) is 46.4 Å². The molecular formula is C13H20ClN3O. The lowest BCUT2D eigenvalue weighted by Crippen LogP contribution is -2.54. The fourth-order valence-electron chi connectivity index (χ4n) is 2.30. The quantitative estimate of drug-likeness (QED) is 0.865. The first-order chi connectivity index (χ1) is 8.74. The summed E-state index contributed by atoms with van der Waals surface area (Å²) >= 11 is 6.17. The number of likely N-dealkylation sites (N-methyl/N-ethyl adjacent to an activating group) is 1. The maximum Gasteiger partial charge on any atom is 0.137 e. The van der Waals surface area contributed by atoms with Crippen LogP contribution in [0.1, 0.15) is 0 Å². The van der Waals surface area contributed by atoms with Crippen molar-refractivity contribution < 1.29 is 4.74 Å². The van der Waals surface area contributed by atoms with E-state index in [1.165, 1.54) is 0 Å². The highest BCUT2D eigenvalue weighted by Crippen LogP contribution is 2.29. The van der Waals surface area contributed by atoms with Gasteiger partial charge in [0.25, 0.3) is 0 Å². The van der Waals surface area contributed by atoms with Crippen LogP contribution in [0.15, 0.2) is 18.2 Å². The van der Waals surface area contributed by atoms with Crippen LogP contribution in [0, 0.1) is 0 Å². The van der Waals surface area contributed by atoms with Crippen molar-refractivity contribution in [2.45, 2.75) is 6.04 Å². The number of hydrogen-bond donors (Lipinski definition) is 2. The first-order valence-electron chi connectivity index (χ1n) is 6.21. The van der Waals surface area contributed by atoms with Gasteiger partial charge >= 0.3 is 0 Å². The zero-order valence-electron chi connectivity index (χ0n) is 10.9. The number of nitrogens with one attached hydrogen (secondary N) is 2. The SMILES string of the molecule is CNCC1CN(c2ccc(OC)c(Cl)c2)CCN1. The molecule has 1 aliphatic rings. The lowest BCUT2D eigenvalue weighted by atomic mass is 10.1. The Bertz CT molecular complexity index is 398. The standard InChI is InChI=1S/C13H20ClN3O/c1-15-8-10-9-17(6-5-16-10)11-3-4-13(18-2)12(14)7-11/h3-4,7,10,15-16H,5-6,8-9H2,1-2H3. The Morgan fingerprint density at radius 3 is 3.06 bits per heavy atom. The topological polar surface area (TPSA) is 36.5 Å². The lowest BCUT2D eigenvalue weighted by molar-refractivity contribution is 0.414. The summed E-state index contributed by atoms with van der Waals surface area (Å²) in [7, 11) is 3.61. The van der Waals surface area contributed by atoms with Crippen LogP contribution in [0.5, 0.6) is 5.75 Å². The average Bonchev–Trinajstić information content (AvgIpc) is 2.39. The van der Waals surface area contributed by atoms with Crippen LogP contribution in [-0.2, 0) is 0 Å². The third-order valence-electron chi connectivity index (χ3n) is 3.21. The maximum atomic E-state index is 6.17. The third kappa shape index (κ3) is 3.07. The van der Waals surface area contributed by atoms with Gasteiger partial charge in [0.2, 0.25) is 0 Å². The van der Waals surface area contributed by atoms with Gasteiger partial charge in [-0.1, -0.05) is 11.6 Å². The van der Waals surface area contributed by atoms with E-state index in [9.17, 15) is 0 Å². The smallest absolute Gasteiger partial charge is 0.137 e. The van der Waals surface area contributed by atoms with Crippen LogP contribution >= 0.6 is 11.6 Å². The van der Waals surface area contributed by atoms with Gasteiger partial charge in [-0.25, -0.2) is 0 Å². The van der Waals surface area contributed by atoms with Gasteiger partial charge in [0.1, 0.15) is 5.75 Å². The first kappa shape index (κ1) is 13.5. The predicted molar refractivity (Wildman–Crippen MR) is 75.9 cm³/mol. The van der Waals surface area contributed by atoms with Crippen LogP contribution < -0.4 is 20.3 Å².